The maximum absolute atomic E-state index is 12.7. The van der Waals surface area contributed by atoms with Gasteiger partial charge in [-0.1, -0.05) is 32.9 Å². The van der Waals surface area contributed by atoms with E-state index in [1.54, 1.807) is 6.07 Å². The van der Waals surface area contributed by atoms with Crippen LogP contribution in [0.3, 0.4) is 0 Å². The predicted molar refractivity (Wildman–Crippen MR) is 110 cm³/mol. The van der Waals surface area contributed by atoms with Crippen LogP contribution in [0.4, 0.5) is 11.6 Å². The Labute approximate surface area is 161 Å². The number of hydrogen-bond acceptors (Lipinski definition) is 5. The van der Waals surface area contributed by atoms with Gasteiger partial charge in [-0.15, -0.1) is 0 Å². The molecule has 2 aromatic rings. The number of rotatable bonds is 5. The number of carbonyl (C=O) groups is 1. The van der Waals surface area contributed by atoms with Crippen LogP contribution in [0.2, 0.25) is 0 Å². The summed E-state index contributed by atoms with van der Waals surface area (Å²) in [6.45, 7) is 13.2. The molecule has 0 aliphatic carbocycles. The van der Waals surface area contributed by atoms with Gasteiger partial charge < -0.3 is 15.1 Å². The van der Waals surface area contributed by atoms with E-state index in [-0.39, 0.29) is 5.91 Å². The lowest BCUT2D eigenvalue weighted by Gasteiger charge is -2.34. The van der Waals surface area contributed by atoms with Crippen molar-refractivity contribution in [3.63, 3.8) is 0 Å². The number of likely N-dealkylation sites (N-methyl/N-ethyl adjacent to an activating group) is 1. The number of aryl methyl sites for hydroxylation is 1. The molecule has 1 amide bonds. The summed E-state index contributed by atoms with van der Waals surface area (Å²) < 4.78 is 0. The van der Waals surface area contributed by atoms with Crippen molar-refractivity contribution < 1.29 is 4.79 Å². The molecule has 1 aromatic heterocycles. The second kappa shape index (κ2) is 8.48. The number of carbonyl (C=O) groups excluding carboxylic acids is 1. The van der Waals surface area contributed by atoms with Gasteiger partial charge in [-0.25, -0.2) is 9.97 Å². The molecule has 27 heavy (non-hydrogen) atoms. The first kappa shape index (κ1) is 19.3. The largest absolute Gasteiger partial charge is 0.338 e. The fourth-order valence-electron chi connectivity index (χ4n) is 3.22. The van der Waals surface area contributed by atoms with Gasteiger partial charge in [0, 0.05) is 37.6 Å². The Balaban J connectivity index is 1.72. The maximum atomic E-state index is 12.7. The fraction of sp³-hybridized carbons (Fsp3) is 0.476. The summed E-state index contributed by atoms with van der Waals surface area (Å²) in [5.74, 6) is 0.910. The van der Waals surface area contributed by atoms with Crippen LogP contribution < -0.4 is 10.2 Å². The number of anilines is 2. The van der Waals surface area contributed by atoms with Crippen molar-refractivity contribution in [1.29, 1.82) is 0 Å². The number of piperazine rings is 1. The topological polar surface area (TPSA) is 61.4 Å². The van der Waals surface area contributed by atoms with Gasteiger partial charge in [0.15, 0.2) is 0 Å². The smallest absolute Gasteiger partial charge is 0.274 e. The van der Waals surface area contributed by atoms with E-state index < -0.39 is 0 Å². The van der Waals surface area contributed by atoms with Gasteiger partial charge >= 0.3 is 0 Å². The van der Waals surface area contributed by atoms with E-state index in [0.29, 0.717) is 17.6 Å². The molecule has 1 aliphatic heterocycles. The number of hydrogen-bond donors (Lipinski definition) is 1. The Bertz CT molecular complexity index is 780. The van der Waals surface area contributed by atoms with Gasteiger partial charge in [0.05, 0.1) is 0 Å². The van der Waals surface area contributed by atoms with E-state index in [4.69, 9.17) is 0 Å². The van der Waals surface area contributed by atoms with Gasteiger partial charge in [-0.2, -0.15) is 0 Å². The van der Waals surface area contributed by atoms with Crippen molar-refractivity contribution in [3.8, 4) is 0 Å². The van der Waals surface area contributed by atoms with Crippen molar-refractivity contribution >= 4 is 17.5 Å². The first-order chi connectivity index (χ1) is 13.0. The number of benzene rings is 1. The zero-order chi connectivity index (χ0) is 19.4. The summed E-state index contributed by atoms with van der Waals surface area (Å²) in [5.41, 5.74) is 3.24. The zero-order valence-corrected chi connectivity index (χ0v) is 16.7. The lowest BCUT2D eigenvalue weighted by molar-refractivity contribution is 0.102. The van der Waals surface area contributed by atoms with E-state index in [1.165, 1.54) is 5.56 Å². The lowest BCUT2D eigenvalue weighted by atomic mass is 10.0. The molecule has 2 heterocycles. The highest BCUT2D eigenvalue weighted by atomic mass is 16.1. The normalized spacial score (nSPS) is 15.2. The van der Waals surface area contributed by atoms with Gasteiger partial charge in [0.1, 0.15) is 5.69 Å². The molecule has 1 fully saturated rings. The molecule has 0 spiro atoms. The van der Waals surface area contributed by atoms with Crippen LogP contribution in [-0.4, -0.2) is 53.5 Å². The molecule has 144 valence electrons. The molecule has 1 aromatic carbocycles. The minimum Gasteiger partial charge on any atom is -0.338 e. The third-order valence-corrected chi connectivity index (χ3v) is 5.01. The molecular weight excluding hydrogens is 338 g/mol. The predicted octanol–water partition coefficient (Wildman–Crippen LogP) is 3.30. The first-order valence-electron chi connectivity index (χ1n) is 9.70. The van der Waals surface area contributed by atoms with E-state index >= 15 is 0 Å². The molecule has 3 rings (SSSR count). The Morgan fingerprint density at radius 3 is 2.37 bits per heavy atom. The minimum absolute atomic E-state index is 0.203. The summed E-state index contributed by atoms with van der Waals surface area (Å²) in [6, 6.07) is 9.70. The van der Waals surface area contributed by atoms with Crippen LogP contribution in [-0.2, 0) is 0 Å². The lowest BCUT2D eigenvalue weighted by Crippen LogP contribution is -2.47. The molecule has 0 radical (unpaired) electrons. The van der Waals surface area contributed by atoms with Gasteiger partial charge in [0.25, 0.3) is 5.91 Å². The van der Waals surface area contributed by atoms with Crippen molar-refractivity contribution in [2.24, 2.45) is 0 Å². The number of amides is 1. The van der Waals surface area contributed by atoms with Crippen molar-refractivity contribution in [3.05, 3.63) is 47.3 Å². The molecule has 0 unspecified atom stereocenters. The van der Waals surface area contributed by atoms with Gasteiger partial charge in [0.2, 0.25) is 5.95 Å². The number of nitrogens with zero attached hydrogens (tertiary/aromatic N) is 4. The third kappa shape index (κ3) is 4.83. The molecule has 1 N–H and O–H groups in total. The summed E-state index contributed by atoms with van der Waals surface area (Å²) in [4.78, 5) is 26.3. The number of aromatic nitrogens is 2. The summed E-state index contributed by atoms with van der Waals surface area (Å²) in [7, 11) is 0. The maximum Gasteiger partial charge on any atom is 0.274 e. The summed E-state index contributed by atoms with van der Waals surface area (Å²) >= 11 is 0. The molecule has 1 saturated heterocycles. The molecule has 6 heteroatoms. The average molecular weight is 367 g/mol. The SMILES string of the molecule is CCN1CCN(c2nc(C)cc(C(=O)Nc3ccc(C(C)C)cc3)n2)CC1. The second-order valence-electron chi connectivity index (χ2n) is 7.35. The number of nitrogens with one attached hydrogen (secondary N) is 1. The van der Waals surface area contributed by atoms with Gasteiger partial charge in [-0.3, -0.25) is 4.79 Å². The highest BCUT2D eigenvalue weighted by Crippen LogP contribution is 2.18. The van der Waals surface area contributed by atoms with Crippen LogP contribution in [0.15, 0.2) is 30.3 Å². The molecule has 0 saturated carbocycles. The van der Waals surface area contributed by atoms with E-state index in [2.05, 4.69) is 45.9 Å². The highest BCUT2D eigenvalue weighted by molar-refractivity contribution is 6.03. The molecule has 0 bridgehead atoms. The minimum atomic E-state index is -0.203. The van der Waals surface area contributed by atoms with Crippen LogP contribution >= 0.6 is 0 Å². The summed E-state index contributed by atoms with van der Waals surface area (Å²) in [5, 5.41) is 2.94. The second-order valence-corrected chi connectivity index (χ2v) is 7.35. The Hall–Kier alpha value is -2.47. The van der Waals surface area contributed by atoms with E-state index in [0.717, 1.165) is 44.1 Å². The van der Waals surface area contributed by atoms with E-state index in [1.807, 2.05) is 31.2 Å². The fourth-order valence-corrected chi connectivity index (χ4v) is 3.22. The standard InChI is InChI=1S/C21H29N5O/c1-5-25-10-12-26(13-11-25)21-22-16(4)14-19(24-21)20(27)23-18-8-6-17(7-9-18)15(2)3/h6-9,14-15H,5,10-13H2,1-4H3,(H,23,27). The van der Waals surface area contributed by atoms with E-state index in [9.17, 15) is 4.79 Å². The van der Waals surface area contributed by atoms with Crippen LogP contribution in [0.1, 0.15) is 48.4 Å². The molecule has 6 nitrogen and oxygen atoms in total. The molecular formula is C21H29N5O. The first-order valence-corrected chi connectivity index (χ1v) is 9.70. The Morgan fingerprint density at radius 2 is 1.78 bits per heavy atom. The van der Waals surface area contributed by atoms with Crippen molar-refractivity contribution in [1.82, 2.24) is 14.9 Å². The van der Waals surface area contributed by atoms with Gasteiger partial charge in [-0.05, 0) is 43.1 Å². The average Bonchev–Trinajstić information content (AvgIpc) is 2.68. The van der Waals surface area contributed by atoms with Crippen LogP contribution in [0.25, 0.3) is 0 Å². The zero-order valence-electron chi connectivity index (χ0n) is 16.7. The Morgan fingerprint density at radius 1 is 1.11 bits per heavy atom. The Kier molecular flexibility index (Phi) is 6.06. The van der Waals surface area contributed by atoms with Crippen LogP contribution in [0.5, 0.6) is 0 Å². The van der Waals surface area contributed by atoms with Crippen LogP contribution in [0, 0.1) is 6.92 Å². The van der Waals surface area contributed by atoms with Crippen molar-refractivity contribution in [2.45, 2.75) is 33.6 Å². The quantitative estimate of drug-likeness (QED) is 0.879. The van der Waals surface area contributed by atoms with Crippen molar-refractivity contribution in [2.75, 3.05) is 42.9 Å². The molecule has 1 aliphatic rings. The highest BCUT2D eigenvalue weighted by Gasteiger charge is 2.20. The third-order valence-electron chi connectivity index (χ3n) is 5.01. The molecule has 0 atom stereocenters. The summed E-state index contributed by atoms with van der Waals surface area (Å²) in [6.07, 6.45) is 0. The monoisotopic (exact) mass is 367 g/mol.